The third-order valence-electron chi connectivity index (χ3n) is 2.58. The third-order valence-corrected chi connectivity index (χ3v) is 2.81. The molecule has 1 amide bonds. The summed E-state index contributed by atoms with van der Waals surface area (Å²) in [6, 6.07) is 6.72. The SMILES string of the molecule is O=C(CNc1ccc(Cl)cc1F)Nc1ccc(F)cc1F. The van der Waals surface area contributed by atoms with E-state index in [-0.39, 0.29) is 22.9 Å². The van der Waals surface area contributed by atoms with Crippen LogP contribution in [-0.4, -0.2) is 12.5 Å². The molecule has 2 rings (SSSR count). The van der Waals surface area contributed by atoms with Gasteiger partial charge in [0.15, 0.2) is 0 Å². The predicted molar refractivity (Wildman–Crippen MR) is 74.9 cm³/mol. The summed E-state index contributed by atoms with van der Waals surface area (Å²) in [5.74, 6) is -2.84. The number of anilines is 2. The van der Waals surface area contributed by atoms with Gasteiger partial charge in [0.2, 0.25) is 5.91 Å². The van der Waals surface area contributed by atoms with E-state index in [1.165, 1.54) is 12.1 Å². The van der Waals surface area contributed by atoms with Gasteiger partial charge in [0.1, 0.15) is 17.5 Å². The summed E-state index contributed by atoms with van der Waals surface area (Å²) in [5, 5.41) is 5.03. The minimum atomic E-state index is -0.888. The fourth-order valence-electron chi connectivity index (χ4n) is 1.59. The van der Waals surface area contributed by atoms with Crippen LogP contribution in [0.1, 0.15) is 0 Å². The van der Waals surface area contributed by atoms with Crippen molar-refractivity contribution in [3.63, 3.8) is 0 Å². The van der Waals surface area contributed by atoms with Crippen molar-refractivity contribution in [3.8, 4) is 0 Å². The minimum Gasteiger partial charge on any atom is -0.374 e. The van der Waals surface area contributed by atoms with Crippen molar-refractivity contribution >= 4 is 28.9 Å². The lowest BCUT2D eigenvalue weighted by atomic mass is 10.3. The lowest BCUT2D eigenvalue weighted by Gasteiger charge is -2.09. The summed E-state index contributed by atoms with van der Waals surface area (Å²) in [6.07, 6.45) is 0. The van der Waals surface area contributed by atoms with Crippen LogP contribution in [-0.2, 0) is 4.79 Å². The summed E-state index contributed by atoms with van der Waals surface area (Å²) < 4.78 is 39.5. The van der Waals surface area contributed by atoms with Gasteiger partial charge in [0.25, 0.3) is 0 Å². The lowest BCUT2D eigenvalue weighted by molar-refractivity contribution is -0.114. The zero-order valence-electron chi connectivity index (χ0n) is 10.6. The van der Waals surface area contributed by atoms with Crippen molar-refractivity contribution in [2.75, 3.05) is 17.2 Å². The summed E-state index contributed by atoms with van der Waals surface area (Å²) in [5.41, 5.74) is -0.0612. The van der Waals surface area contributed by atoms with E-state index in [2.05, 4.69) is 10.6 Å². The number of hydrogen-bond acceptors (Lipinski definition) is 2. The first-order chi connectivity index (χ1) is 9.95. The van der Waals surface area contributed by atoms with E-state index in [1.807, 2.05) is 0 Å². The number of amides is 1. The van der Waals surface area contributed by atoms with Crippen LogP contribution < -0.4 is 10.6 Å². The van der Waals surface area contributed by atoms with E-state index < -0.39 is 23.4 Å². The average molecular weight is 315 g/mol. The quantitative estimate of drug-likeness (QED) is 0.901. The molecule has 21 heavy (non-hydrogen) atoms. The third kappa shape index (κ3) is 4.13. The first-order valence-electron chi connectivity index (χ1n) is 5.89. The zero-order valence-corrected chi connectivity index (χ0v) is 11.3. The van der Waals surface area contributed by atoms with Gasteiger partial charge in [-0.3, -0.25) is 4.79 Å². The molecule has 0 saturated carbocycles. The second kappa shape index (κ2) is 6.49. The highest BCUT2D eigenvalue weighted by atomic mass is 35.5. The van der Waals surface area contributed by atoms with E-state index in [1.54, 1.807) is 0 Å². The Labute approximate surface area is 123 Å². The van der Waals surface area contributed by atoms with E-state index in [9.17, 15) is 18.0 Å². The molecule has 0 spiro atoms. The topological polar surface area (TPSA) is 41.1 Å². The van der Waals surface area contributed by atoms with Gasteiger partial charge in [-0.25, -0.2) is 13.2 Å². The van der Waals surface area contributed by atoms with E-state index in [0.717, 1.165) is 18.2 Å². The maximum Gasteiger partial charge on any atom is 0.243 e. The van der Waals surface area contributed by atoms with Crippen molar-refractivity contribution in [1.29, 1.82) is 0 Å². The number of carbonyl (C=O) groups is 1. The Morgan fingerprint density at radius 1 is 1.00 bits per heavy atom. The van der Waals surface area contributed by atoms with Crippen LogP contribution in [0.15, 0.2) is 36.4 Å². The molecular formula is C14H10ClF3N2O. The Kier molecular flexibility index (Phi) is 4.70. The molecule has 0 radical (unpaired) electrons. The summed E-state index contributed by atoms with van der Waals surface area (Å²) >= 11 is 5.60. The highest BCUT2D eigenvalue weighted by Crippen LogP contribution is 2.19. The van der Waals surface area contributed by atoms with Gasteiger partial charge in [0, 0.05) is 11.1 Å². The second-order valence-corrected chi connectivity index (χ2v) is 4.59. The smallest absolute Gasteiger partial charge is 0.243 e. The number of hydrogen-bond donors (Lipinski definition) is 2. The predicted octanol–water partition coefficient (Wildman–Crippen LogP) is 3.81. The number of benzene rings is 2. The number of carbonyl (C=O) groups excluding carboxylic acids is 1. The Balaban J connectivity index is 1.96. The van der Waals surface area contributed by atoms with Crippen LogP contribution in [0, 0.1) is 17.5 Å². The van der Waals surface area contributed by atoms with Crippen LogP contribution in [0.3, 0.4) is 0 Å². The van der Waals surface area contributed by atoms with E-state index in [4.69, 9.17) is 11.6 Å². The molecule has 0 unspecified atom stereocenters. The molecule has 0 aliphatic carbocycles. The largest absolute Gasteiger partial charge is 0.374 e. The highest BCUT2D eigenvalue weighted by Gasteiger charge is 2.09. The lowest BCUT2D eigenvalue weighted by Crippen LogP contribution is -2.22. The maximum atomic E-state index is 13.5. The fourth-order valence-corrected chi connectivity index (χ4v) is 1.75. The molecule has 0 atom stereocenters. The van der Waals surface area contributed by atoms with E-state index in [0.29, 0.717) is 6.07 Å². The second-order valence-electron chi connectivity index (χ2n) is 4.15. The summed E-state index contributed by atoms with van der Waals surface area (Å²) in [7, 11) is 0. The van der Waals surface area contributed by atoms with Crippen LogP contribution in [0.2, 0.25) is 5.02 Å². The highest BCUT2D eigenvalue weighted by molar-refractivity contribution is 6.30. The Morgan fingerprint density at radius 3 is 2.33 bits per heavy atom. The zero-order chi connectivity index (χ0) is 15.4. The maximum absolute atomic E-state index is 13.5. The number of nitrogens with one attached hydrogen (secondary N) is 2. The van der Waals surface area contributed by atoms with Gasteiger partial charge in [0.05, 0.1) is 17.9 Å². The first-order valence-corrected chi connectivity index (χ1v) is 6.27. The van der Waals surface area contributed by atoms with Gasteiger partial charge >= 0.3 is 0 Å². The van der Waals surface area contributed by atoms with Gasteiger partial charge < -0.3 is 10.6 Å². The molecule has 0 aromatic heterocycles. The molecule has 0 bridgehead atoms. The molecule has 2 N–H and O–H groups in total. The minimum absolute atomic E-state index is 0.0918. The molecule has 0 fully saturated rings. The van der Waals surface area contributed by atoms with Gasteiger partial charge in [-0.2, -0.15) is 0 Å². The van der Waals surface area contributed by atoms with Crippen molar-refractivity contribution in [2.45, 2.75) is 0 Å². The van der Waals surface area contributed by atoms with Crippen LogP contribution in [0.25, 0.3) is 0 Å². The molecule has 0 aliphatic rings. The molecule has 3 nitrogen and oxygen atoms in total. The van der Waals surface area contributed by atoms with Crippen LogP contribution >= 0.6 is 11.6 Å². The Hall–Kier alpha value is -2.21. The Morgan fingerprint density at radius 2 is 1.67 bits per heavy atom. The molecule has 110 valence electrons. The standard InChI is InChI=1S/C14H10ClF3N2O/c15-8-1-3-12(10(17)5-8)19-7-14(21)20-13-4-2-9(16)6-11(13)18/h1-6,19H,7H2,(H,20,21). The van der Waals surface area contributed by atoms with Crippen molar-refractivity contribution in [1.82, 2.24) is 0 Å². The summed E-state index contributed by atoms with van der Waals surface area (Å²) in [4.78, 5) is 11.6. The molecule has 0 saturated heterocycles. The molecule has 7 heteroatoms. The van der Waals surface area contributed by atoms with Crippen molar-refractivity contribution in [3.05, 3.63) is 58.9 Å². The van der Waals surface area contributed by atoms with Gasteiger partial charge in [-0.1, -0.05) is 11.6 Å². The average Bonchev–Trinajstić information content (AvgIpc) is 2.41. The number of rotatable bonds is 4. The number of halogens is 4. The Bertz CT molecular complexity index is 679. The van der Waals surface area contributed by atoms with Crippen molar-refractivity contribution in [2.24, 2.45) is 0 Å². The normalized spacial score (nSPS) is 10.3. The van der Waals surface area contributed by atoms with Crippen LogP contribution in [0.5, 0.6) is 0 Å². The van der Waals surface area contributed by atoms with Gasteiger partial charge in [-0.15, -0.1) is 0 Å². The molecule has 2 aromatic carbocycles. The summed E-state index contributed by atoms with van der Waals surface area (Å²) in [6.45, 7) is -0.282. The van der Waals surface area contributed by atoms with Gasteiger partial charge in [-0.05, 0) is 30.3 Å². The monoisotopic (exact) mass is 314 g/mol. The van der Waals surface area contributed by atoms with Crippen molar-refractivity contribution < 1.29 is 18.0 Å². The molecular weight excluding hydrogens is 305 g/mol. The van der Waals surface area contributed by atoms with Crippen LogP contribution in [0.4, 0.5) is 24.5 Å². The molecule has 0 aliphatic heterocycles. The first kappa shape index (κ1) is 15.2. The van der Waals surface area contributed by atoms with E-state index >= 15 is 0 Å². The fraction of sp³-hybridized carbons (Fsp3) is 0.0714. The molecule has 2 aromatic rings. The molecule has 0 heterocycles.